The molecule has 0 aliphatic carbocycles. The molecule has 0 spiro atoms. The van der Waals surface area contributed by atoms with Gasteiger partial charge in [0.05, 0.1) is 0 Å². The molecule has 2 N–H and O–H groups in total. The molecule has 1 atom stereocenters. The highest BCUT2D eigenvalue weighted by Gasteiger charge is 2.36. The van der Waals surface area contributed by atoms with Gasteiger partial charge >= 0.3 is 12.2 Å². The molecule has 1 aromatic carbocycles. The molecular weight excluding hydrogens is 425 g/mol. The molecule has 2 aromatic rings. The molecule has 156 valence electrons. The molecule has 29 heavy (non-hydrogen) atoms. The fourth-order valence-electron chi connectivity index (χ4n) is 2.87. The molecule has 1 aliphatic heterocycles. The van der Waals surface area contributed by atoms with E-state index in [1.54, 1.807) is 23.5 Å². The van der Waals surface area contributed by atoms with E-state index >= 15 is 0 Å². The highest BCUT2D eigenvalue weighted by atomic mass is 32.2. The minimum absolute atomic E-state index is 0.313. The molecule has 0 radical (unpaired) electrons. The summed E-state index contributed by atoms with van der Waals surface area (Å²) in [5.74, 6) is -0.791. The average molecular weight is 445 g/mol. The maximum Gasteiger partial charge on any atom is 0.405 e. The number of thiazole rings is 1. The number of aryl methyl sites for hydroxylation is 1. The lowest BCUT2D eigenvalue weighted by Crippen LogP contribution is -2.49. The molecule has 11 heteroatoms. The topological polar surface area (TPSA) is 74.3 Å². The van der Waals surface area contributed by atoms with Gasteiger partial charge in [0.25, 0.3) is 0 Å². The Morgan fingerprint density at radius 3 is 2.66 bits per heavy atom. The van der Waals surface area contributed by atoms with Gasteiger partial charge in [0.15, 0.2) is 4.34 Å². The van der Waals surface area contributed by atoms with Gasteiger partial charge in [0.1, 0.15) is 12.6 Å². The van der Waals surface area contributed by atoms with Crippen LogP contribution in [0.15, 0.2) is 38.9 Å². The van der Waals surface area contributed by atoms with Crippen molar-refractivity contribution in [3.8, 4) is 0 Å². The number of urea groups is 1. The van der Waals surface area contributed by atoms with E-state index in [9.17, 15) is 22.8 Å². The molecule has 1 fully saturated rings. The highest BCUT2D eigenvalue weighted by Crippen LogP contribution is 2.31. The Labute approximate surface area is 173 Å². The number of anilines is 1. The van der Waals surface area contributed by atoms with Gasteiger partial charge in [-0.3, -0.25) is 4.79 Å². The fourth-order valence-corrected chi connectivity index (χ4v) is 4.68. The van der Waals surface area contributed by atoms with E-state index < -0.39 is 30.7 Å². The number of carbonyl (C=O) groups excluding carboxylic acids is 2. The number of hydrogen-bond acceptors (Lipinski definition) is 5. The predicted octanol–water partition coefficient (Wildman–Crippen LogP) is 4.28. The monoisotopic (exact) mass is 444 g/mol. The number of hydrogen-bond donors (Lipinski definition) is 2. The molecule has 1 aliphatic rings. The van der Waals surface area contributed by atoms with Crippen LogP contribution in [-0.4, -0.2) is 47.1 Å². The van der Waals surface area contributed by atoms with E-state index in [4.69, 9.17) is 0 Å². The molecule has 1 unspecified atom stereocenters. The fraction of sp³-hybridized carbons (Fsp3) is 0.389. The zero-order valence-corrected chi connectivity index (χ0v) is 17.1. The molecule has 3 rings (SSSR count). The van der Waals surface area contributed by atoms with Crippen LogP contribution in [0.1, 0.15) is 18.5 Å². The Morgan fingerprint density at radius 2 is 2.03 bits per heavy atom. The van der Waals surface area contributed by atoms with Gasteiger partial charge in [0.2, 0.25) is 5.91 Å². The van der Waals surface area contributed by atoms with Gasteiger partial charge < -0.3 is 15.5 Å². The SMILES string of the molecule is Cc1csc(Sc2ccc(NC(=O)N3CCCC3C(=O)NCC(F)(F)F)cc2)n1. The van der Waals surface area contributed by atoms with Crippen molar-refractivity contribution in [3.63, 3.8) is 0 Å². The predicted molar refractivity (Wildman–Crippen MR) is 105 cm³/mol. The Morgan fingerprint density at radius 1 is 1.31 bits per heavy atom. The van der Waals surface area contributed by atoms with Crippen LogP contribution in [0.4, 0.5) is 23.7 Å². The smallest absolute Gasteiger partial charge is 0.345 e. The number of amides is 3. The summed E-state index contributed by atoms with van der Waals surface area (Å²) in [6.45, 7) is 0.830. The number of rotatable bonds is 5. The van der Waals surface area contributed by atoms with E-state index in [1.807, 2.05) is 29.8 Å². The second-order valence-electron chi connectivity index (χ2n) is 6.50. The lowest BCUT2D eigenvalue weighted by molar-refractivity contribution is -0.140. The lowest BCUT2D eigenvalue weighted by atomic mass is 10.2. The standard InChI is InChI=1S/C18H19F3N4O2S2/c1-11-9-28-17(23-11)29-13-6-4-12(5-7-13)24-16(27)25-8-2-3-14(25)15(26)22-10-18(19,20)21/h4-7,9,14H,2-3,8,10H2,1H3,(H,22,26)(H,24,27). The van der Waals surface area contributed by atoms with Crippen molar-refractivity contribution < 1.29 is 22.8 Å². The maximum atomic E-state index is 12.5. The van der Waals surface area contributed by atoms with Crippen molar-refractivity contribution in [2.75, 3.05) is 18.4 Å². The highest BCUT2D eigenvalue weighted by molar-refractivity contribution is 8.01. The minimum Gasteiger partial charge on any atom is -0.345 e. The van der Waals surface area contributed by atoms with Crippen LogP contribution >= 0.6 is 23.1 Å². The summed E-state index contributed by atoms with van der Waals surface area (Å²) in [6.07, 6.45) is -3.60. The lowest BCUT2D eigenvalue weighted by Gasteiger charge is -2.24. The summed E-state index contributed by atoms with van der Waals surface area (Å²) in [5, 5.41) is 6.52. The van der Waals surface area contributed by atoms with E-state index in [0.717, 1.165) is 14.9 Å². The number of benzene rings is 1. The average Bonchev–Trinajstić information content (AvgIpc) is 3.30. The summed E-state index contributed by atoms with van der Waals surface area (Å²) in [5.41, 5.74) is 1.50. The van der Waals surface area contributed by atoms with Crippen LogP contribution in [-0.2, 0) is 4.79 Å². The zero-order valence-electron chi connectivity index (χ0n) is 15.5. The van der Waals surface area contributed by atoms with Crippen molar-refractivity contribution in [3.05, 3.63) is 35.3 Å². The van der Waals surface area contributed by atoms with Crippen LogP contribution in [0.5, 0.6) is 0 Å². The molecule has 6 nitrogen and oxygen atoms in total. The van der Waals surface area contributed by atoms with Gasteiger partial charge in [-0.15, -0.1) is 11.3 Å². The van der Waals surface area contributed by atoms with Crippen molar-refractivity contribution >= 4 is 40.7 Å². The Kier molecular flexibility index (Phi) is 6.68. The first-order valence-electron chi connectivity index (χ1n) is 8.83. The summed E-state index contributed by atoms with van der Waals surface area (Å²) >= 11 is 3.06. The van der Waals surface area contributed by atoms with Crippen molar-refractivity contribution in [2.45, 2.75) is 41.2 Å². The van der Waals surface area contributed by atoms with Crippen LogP contribution < -0.4 is 10.6 Å². The van der Waals surface area contributed by atoms with Gasteiger partial charge in [0, 0.05) is 28.2 Å². The first-order valence-corrected chi connectivity index (χ1v) is 10.5. The number of alkyl halides is 3. The summed E-state index contributed by atoms with van der Waals surface area (Å²) in [7, 11) is 0. The molecule has 1 aromatic heterocycles. The maximum absolute atomic E-state index is 12.5. The molecule has 1 saturated heterocycles. The van der Waals surface area contributed by atoms with Gasteiger partial charge in [-0.1, -0.05) is 11.8 Å². The second kappa shape index (κ2) is 9.04. The normalized spacial score (nSPS) is 16.7. The van der Waals surface area contributed by atoms with Crippen LogP contribution in [0, 0.1) is 6.92 Å². The Hall–Kier alpha value is -2.27. The number of nitrogens with zero attached hydrogens (tertiary/aromatic N) is 2. The van der Waals surface area contributed by atoms with Gasteiger partial charge in [-0.2, -0.15) is 13.2 Å². The first kappa shape index (κ1) is 21.4. The van der Waals surface area contributed by atoms with Crippen LogP contribution in [0.25, 0.3) is 0 Å². The third-order valence-corrected chi connectivity index (χ3v) is 6.25. The summed E-state index contributed by atoms with van der Waals surface area (Å²) in [6, 6.07) is 5.74. The summed E-state index contributed by atoms with van der Waals surface area (Å²) in [4.78, 5) is 31.2. The molecule has 2 heterocycles. The Balaban J connectivity index is 1.56. The van der Waals surface area contributed by atoms with Crippen molar-refractivity contribution in [1.29, 1.82) is 0 Å². The summed E-state index contributed by atoms with van der Waals surface area (Å²) < 4.78 is 37.8. The van der Waals surface area contributed by atoms with E-state index in [1.165, 1.54) is 16.7 Å². The van der Waals surface area contributed by atoms with Crippen LogP contribution in [0.2, 0.25) is 0 Å². The first-order chi connectivity index (χ1) is 13.7. The van der Waals surface area contributed by atoms with Crippen molar-refractivity contribution in [1.82, 2.24) is 15.2 Å². The number of aromatic nitrogens is 1. The van der Waals surface area contributed by atoms with Crippen molar-refractivity contribution in [2.24, 2.45) is 0 Å². The largest absolute Gasteiger partial charge is 0.405 e. The van der Waals surface area contributed by atoms with E-state index in [-0.39, 0.29) is 0 Å². The second-order valence-corrected chi connectivity index (χ2v) is 8.67. The molecule has 0 saturated carbocycles. The Bertz CT molecular complexity index is 871. The minimum atomic E-state index is -4.49. The van der Waals surface area contributed by atoms with E-state index in [0.29, 0.717) is 25.1 Å². The molecule has 0 bridgehead atoms. The number of carbonyl (C=O) groups is 2. The van der Waals surface area contributed by atoms with E-state index in [2.05, 4.69) is 10.3 Å². The molecule has 3 amide bonds. The number of halogens is 3. The quantitative estimate of drug-likeness (QED) is 0.722. The number of nitrogens with one attached hydrogen (secondary N) is 2. The van der Waals surface area contributed by atoms with Gasteiger partial charge in [-0.25, -0.2) is 9.78 Å². The van der Waals surface area contributed by atoms with Crippen LogP contribution in [0.3, 0.4) is 0 Å². The number of likely N-dealkylation sites (tertiary alicyclic amines) is 1. The molecular formula is C18H19F3N4O2S2. The third-order valence-electron chi connectivity index (χ3n) is 4.19. The third kappa shape index (κ3) is 6.10. The zero-order chi connectivity index (χ0) is 21.0. The van der Waals surface area contributed by atoms with Gasteiger partial charge in [-0.05, 0) is 44.0 Å².